The third-order valence-corrected chi connectivity index (χ3v) is 4.54. The molecule has 2 aromatic rings. The van der Waals surface area contributed by atoms with Crippen LogP contribution in [0, 0.1) is 6.92 Å². The smallest absolute Gasteiger partial charge is 0.411 e. The van der Waals surface area contributed by atoms with Gasteiger partial charge in [0.1, 0.15) is 11.5 Å². The van der Waals surface area contributed by atoms with Crippen LogP contribution in [0.3, 0.4) is 0 Å². The van der Waals surface area contributed by atoms with Crippen molar-refractivity contribution in [3.05, 3.63) is 39.8 Å². The van der Waals surface area contributed by atoms with E-state index >= 15 is 0 Å². The number of carbonyl (C=O) groups excluding carboxylic acids is 2. The van der Waals surface area contributed by atoms with Crippen LogP contribution in [0.2, 0.25) is 0 Å². The number of hydrogen-bond acceptors (Lipinski definition) is 6. The zero-order chi connectivity index (χ0) is 18.2. The second-order valence-electron chi connectivity index (χ2n) is 5.16. The molecule has 0 fully saturated rings. The van der Waals surface area contributed by atoms with Crippen LogP contribution in [0.1, 0.15) is 27.3 Å². The second-order valence-corrected chi connectivity index (χ2v) is 6.25. The van der Waals surface area contributed by atoms with E-state index in [-0.39, 0.29) is 12.5 Å². The van der Waals surface area contributed by atoms with Crippen molar-refractivity contribution in [1.29, 1.82) is 0 Å². The van der Waals surface area contributed by atoms with E-state index in [0.717, 1.165) is 17.1 Å². The van der Waals surface area contributed by atoms with Crippen molar-refractivity contribution >= 4 is 34.7 Å². The molecule has 8 heteroatoms. The highest BCUT2D eigenvalue weighted by Crippen LogP contribution is 2.21. The maximum atomic E-state index is 12.4. The maximum absolute atomic E-state index is 12.4. The molecule has 0 aliphatic heterocycles. The number of rotatable bonds is 7. The van der Waals surface area contributed by atoms with Gasteiger partial charge >= 0.3 is 6.09 Å². The van der Waals surface area contributed by atoms with Gasteiger partial charge < -0.3 is 14.8 Å². The molecular weight excluding hydrogens is 342 g/mol. The minimum Gasteiger partial charge on any atom is -0.447 e. The molecule has 0 bridgehead atoms. The van der Waals surface area contributed by atoms with Gasteiger partial charge in [-0.1, -0.05) is 13.0 Å². The molecule has 7 nitrogen and oxygen atoms in total. The number of methoxy groups -OCH3 is 1. The number of benzene rings is 1. The molecule has 0 unspecified atom stereocenters. The summed E-state index contributed by atoms with van der Waals surface area (Å²) in [6, 6.07) is 6.85. The number of nitrogens with one attached hydrogen (secondary N) is 2. The van der Waals surface area contributed by atoms with Gasteiger partial charge in [-0.2, -0.15) is 0 Å². The second kappa shape index (κ2) is 9.14. The predicted molar refractivity (Wildman–Crippen MR) is 97.5 cm³/mol. The van der Waals surface area contributed by atoms with Crippen LogP contribution in [0.25, 0.3) is 0 Å². The number of hydrogen-bond donors (Lipinski definition) is 2. The zero-order valence-electron chi connectivity index (χ0n) is 14.4. The molecule has 2 N–H and O–H groups in total. The fraction of sp³-hybridized carbons (Fsp3) is 0.353. The van der Waals surface area contributed by atoms with E-state index in [1.807, 2.05) is 13.8 Å². The largest absolute Gasteiger partial charge is 0.447 e. The van der Waals surface area contributed by atoms with Gasteiger partial charge in [-0.15, -0.1) is 11.3 Å². The lowest BCUT2D eigenvalue weighted by atomic mass is 10.2. The molecule has 134 valence electrons. The Hall–Kier alpha value is -2.45. The Kier molecular flexibility index (Phi) is 6.91. The molecule has 0 atom stereocenters. The molecule has 2 amide bonds. The first kappa shape index (κ1) is 18.9. The maximum Gasteiger partial charge on any atom is 0.411 e. The van der Waals surface area contributed by atoms with E-state index in [4.69, 9.17) is 9.47 Å². The molecule has 0 saturated carbocycles. The van der Waals surface area contributed by atoms with Crippen LogP contribution in [0.15, 0.2) is 24.3 Å². The Labute approximate surface area is 150 Å². The van der Waals surface area contributed by atoms with E-state index in [2.05, 4.69) is 15.6 Å². The van der Waals surface area contributed by atoms with Crippen molar-refractivity contribution in [2.75, 3.05) is 31.0 Å². The standard InChI is InChI=1S/C17H21N3O4S/c1-4-14-18-11(2)15(25-14)16(21)19-12-6-5-7-13(10-12)20-17(22)24-9-8-23-3/h5-7,10H,4,8-9H2,1-3H3,(H,19,21)(H,20,22). The zero-order valence-corrected chi connectivity index (χ0v) is 15.2. The van der Waals surface area contributed by atoms with E-state index in [1.54, 1.807) is 24.3 Å². The van der Waals surface area contributed by atoms with Crippen LogP contribution in [-0.2, 0) is 15.9 Å². The fourth-order valence-electron chi connectivity index (χ4n) is 2.05. The van der Waals surface area contributed by atoms with Crippen molar-refractivity contribution in [3.63, 3.8) is 0 Å². The average Bonchev–Trinajstić information content (AvgIpc) is 2.96. The number of carbonyl (C=O) groups is 2. The van der Waals surface area contributed by atoms with Gasteiger partial charge in [0.15, 0.2) is 0 Å². The first-order valence-corrected chi connectivity index (χ1v) is 8.65. The highest BCUT2D eigenvalue weighted by molar-refractivity contribution is 7.13. The van der Waals surface area contributed by atoms with Crippen LogP contribution in [0.5, 0.6) is 0 Å². The molecule has 1 aromatic carbocycles. The lowest BCUT2D eigenvalue weighted by Gasteiger charge is -2.09. The molecular formula is C17H21N3O4S. The van der Waals surface area contributed by atoms with Gasteiger partial charge in [-0.05, 0) is 31.5 Å². The molecule has 1 aromatic heterocycles. The van der Waals surface area contributed by atoms with Gasteiger partial charge in [-0.25, -0.2) is 9.78 Å². The normalized spacial score (nSPS) is 10.4. The molecule has 2 rings (SSSR count). The van der Waals surface area contributed by atoms with Gasteiger partial charge in [0.2, 0.25) is 0 Å². The summed E-state index contributed by atoms with van der Waals surface area (Å²) in [5.41, 5.74) is 1.82. The monoisotopic (exact) mass is 363 g/mol. The van der Waals surface area contributed by atoms with Gasteiger partial charge in [0.05, 0.1) is 17.3 Å². The number of aryl methyl sites for hydroxylation is 2. The summed E-state index contributed by atoms with van der Waals surface area (Å²) in [6.45, 7) is 4.32. The van der Waals surface area contributed by atoms with Gasteiger partial charge in [0, 0.05) is 18.5 Å². The van der Waals surface area contributed by atoms with E-state index < -0.39 is 6.09 Å². The summed E-state index contributed by atoms with van der Waals surface area (Å²) in [4.78, 5) is 29.0. The lowest BCUT2D eigenvalue weighted by molar-refractivity contribution is 0.102. The summed E-state index contributed by atoms with van der Waals surface area (Å²) in [7, 11) is 1.53. The summed E-state index contributed by atoms with van der Waals surface area (Å²) >= 11 is 1.39. The minimum atomic E-state index is -0.577. The number of aromatic nitrogens is 1. The fourth-order valence-corrected chi connectivity index (χ4v) is 2.95. The summed E-state index contributed by atoms with van der Waals surface area (Å²) in [5, 5.41) is 6.35. The number of ether oxygens (including phenoxy) is 2. The summed E-state index contributed by atoms with van der Waals surface area (Å²) in [5.74, 6) is -0.213. The highest BCUT2D eigenvalue weighted by Gasteiger charge is 2.15. The molecule has 0 radical (unpaired) electrons. The molecule has 0 saturated heterocycles. The van der Waals surface area contributed by atoms with Crippen molar-refractivity contribution in [1.82, 2.24) is 4.98 Å². The van der Waals surface area contributed by atoms with Crippen molar-refractivity contribution < 1.29 is 19.1 Å². The van der Waals surface area contributed by atoms with Crippen LogP contribution in [-0.4, -0.2) is 37.3 Å². The van der Waals surface area contributed by atoms with E-state index in [9.17, 15) is 9.59 Å². The topological polar surface area (TPSA) is 89.6 Å². The van der Waals surface area contributed by atoms with Gasteiger partial charge in [-0.3, -0.25) is 10.1 Å². The third kappa shape index (κ3) is 5.54. The average molecular weight is 363 g/mol. The van der Waals surface area contributed by atoms with Gasteiger partial charge in [0.25, 0.3) is 5.91 Å². The molecule has 0 aliphatic rings. The highest BCUT2D eigenvalue weighted by atomic mass is 32.1. The summed E-state index contributed by atoms with van der Waals surface area (Å²) < 4.78 is 9.75. The quantitative estimate of drug-likeness (QED) is 0.735. The Balaban J connectivity index is 1.99. The lowest BCUT2D eigenvalue weighted by Crippen LogP contribution is -2.16. The number of anilines is 2. The third-order valence-electron chi connectivity index (χ3n) is 3.24. The van der Waals surface area contributed by atoms with Crippen LogP contribution >= 0.6 is 11.3 Å². The van der Waals surface area contributed by atoms with Crippen molar-refractivity contribution in [2.24, 2.45) is 0 Å². The molecule has 1 heterocycles. The number of thiazole rings is 1. The van der Waals surface area contributed by atoms with Crippen LogP contribution < -0.4 is 10.6 Å². The van der Waals surface area contributed by atoms with Crippen LogP contribution in [0.4, 0.5) is 16.2 Å². The Morgan fingerprint density at radius 1 is 1.20 bits per heavy atom. The van der Waals surface area contributed by atoms with E-state index in [0.29, 0.717) is 22.9 Å². The first-order chi connectivity index (χ1) is 12.0. The molecule has 0 aliphatic carbocycles. The Morgan fingerprint density at radius 2 is 1.92 bits per heavy atom. The molecule has 0 spiro atoms. The Morgan fingerprint density at radius 3 is 2.56 bits per heavy atom. The number of nitrogens with zero attached hydrogens (tertiary/aromatic N) is 1. The first-order valence-electron chi connectivity index (χ1n) is 7.84. The van der Waals surface area contributed by atoms with E-state index in [1.165, 1.54) is 18.4 Å². The minimum absolute atomic E-state index is 0.170. The summed E-state index contributed by atoms with van der Waals surface area (Å²) in [6.07, 6.45) is 0.218. The SMILES string of the molecule is CCc1nc(C)c(C(=O)Nc2cccc(NC(=O)OCCOC)c2)s1. The molecule has 25 heavy (non-hydrogen) atoms. The van der Waals surface area contributed by atoms with Crippen molar-refractivity contribution in [3.8, 4) is 0 Å². The predicted octanol–water partition coefficient (Wildman–Crippen LogP) is 3.46. The van der Waals surface area contributed by atoms with Crippen molar-refractivity contribution in [2.45, 2.75) is 20.3 Å². The number of amides is 2. The Bertz CT molecular complexity index is 745.